The minimum Gasteiger partial charge on any atom is -0.467 e. The Labute approximate surface area is 191 Å². The van der Waals surface area contributed by atoms with Gasteiger partial charge in [0.15, 0.2) is 0 Å². The van der Waals surface area contributed by atoms with Crippen molar-refractivity contribution in [1.82, 2.24) is 4.90 Å². The van der Waals surface area contributed by atoms with Crippen molar-refractivity contribution in [2.45, 2.75) is 32.4 Å². The number of piperidine rings is 1. The highest BCUT2D eigenvalue weighted by Crippen LogP contribution is 2.30. The van der Waals surface area contributed by atoms with Crippen LogP contribution in [0.1, 0.15) is 24.2 Å². The molecule has 32 heavy (non-hydrogen) atoms. The zero-order chi connectivity index (χ0) is 22.1. The van der Waals surface area contributed by atoms with E-state index in [9.17, 15) is 4.79 Å². The van der Waals surface area contributed by atoms with E-state index in [1.807, 2.05) is 43.3 Å². The lowest BCUT2D eigenvalue weighted by Crippen LogP contribution is -2.38. The molecule has 5 rings (SSSR count). The number of aryl methyl sites for hydroxylation is 1. The highest BCUT2D eigenvalue weighted by molar-refractivity contribution is 6.30. The maximum atomic E-state index is 12.0. The number of halogens is 1. The van der Waals surface area contributed by atoms with Crippen LogP contribution in [-0.4, -0.2) is 24.0 Å². The van der Waals surface area contributed by atoms with Crippen molar-refractivity contribution in [1.29, 1.82) is 0 Å². The van der Waals surface area contributed by atoms with E-state index >= 15 is 0 Å². The van der Waals surface area contributed by atoms with Gasteiger partial charge in [-0.3, -0.25) is 4.90 Å². The highest BCUT2D eigenvalue weighted by Gasteiger charge is 2.22. The molecule has 0 radical (unpaired) electrons. The predicted molar refractivity (Wildman–Crippen MR) is 128 cm³/mol. The van der Waals surface area contributed by atoms with Gasteiger partial charge in [0.05, 0.1) is 18.5 Å². The molecule has 6 heteroatoms. The number of hydrogen-bond donors (Lipinski definition) is 1. The van der Waals surface area contributed by atoms with Crippen LogP contribution in [0.25, 0.3) is 22.1 Å². The fourth-order valence-electron chi connectivity index (χ4n) is 4.43. The summed E-state index contributed by atoms with van der Waals surface area (Å²) in [7, 11) is 0. The molecule has 164 valence electrons. The van der Waals surface area contributed by atoms with Crippen molar-refractivity contribution in [3.8, 4) is 11.1 Å². The molecule has 1 saturated heterocycles. The van der Waals surface area contributed by atoms with Crippen molar-refractivity contribution in [2.75, 3.05) is 18.4 Å². The van der Waals surface area contributed by atoms with E-state index in [0.717, 1.165) is 71.0 Å². The molecule has 1 N–H and O–H groups in total. The van der Waals surface area contributed by atoms with Gasteiger partial charge in [-0.1, -0.05) is 35.4 Å². The monoisotopic (exact) mass is 448 g/mol. The SMILES string of the molecule is Cc1ccc2oc(=O)cc(NC3CCN(Cc4occc4-c4cccc(Cl)c4)CC3)c2c1. The summed E-state index contributed by atoms with van der Waals surface area (Å²) in [5.41, 5.74) is 4.45. The first-order valence-electron chi connectivity index (χ1n) is 10.9. The van der Waals surface area contributed by atoms with Crippen LogP contribution < -0.4 is 10.9 Å². The summed E-state index contributed by atoms with van der Waals surface area (Å²) in [5, 5.41) is 5.26. The van der Waals surface area contributed by atoms with E-state index in [1.54, 1.807) is 12.3 Å². The molecule has 0 unspecified atom stereocenters. The number of fused-ring (bicyclic) bond motifs is 1. The standard InChI is InChI=1S/C26H25ClN2O3/c1-17-5-6-24-22(13-17)23(15-26(30)32-24)28-20-7-10-29(11-8-20)16-25-21(9-12-31-25)18-3-2-4-19(27)14-18/h2-6,9,12-15,20,28H,7-8,10-11,16H2,1H3. The summed E-state index contributed by atoms with van der Waals surface area (Å²) >= 11 is 6.17. The smallest absolute Gasteiger partial charge is 0.338 e. The van der Waals surface area contributed by atoms with Gasteiger partial charge in [0.25, 0.3) is 0 Å². The van der Waals surface area contributed by atoms with Gasteiger partial charge in [0.2, 0.25) is 0 Å². The zero-order valence-corrected chi connectivity index (χ0v) is 18.7. The Bertz CT molecular complexity index is 1300. The van der Waals surface area contributed by atoms with Crippen molar-refractivity contribution in [3.63, 3.8) is 0 Å². The van der Waals surface area contributed by atoms with E-state index in [1.165, 1.54) is 0 Å². The zero-order valence-electron chi connectivity index (χ0n) is 17.9. The van der Waals surface area contributed by atoms with Gasteiger partial charge in [0.1, 0.15) is 11.3 Å². The molecule has 2 aromatic carbocycles. The van der Waals surface area contributed by atoms with Gasteiger partial charge in [-0.05, 0) is 55.7 Å². The third-order valence-corrected chi connectivity index (χ3v) is 6.33. The average Bonchev–Trinajstić information content (AvgIpc) is 3.24. The second-order valence-electron chi connectivity index (χ2n) is 8.44. The predicted octanol–water partition coefficient (Wildman–Crippen LogP) is 6.09. The number of rotatable bonds is 5. The van der Waals surface area contributed by atoms with Crippen LogP contribution >= 0.6 is 11.6 Å². The fraction of sp³-hybridized carbons (Fsp3) is 0.269. The Morgan fingerprint density at radius 1 is 1.09 bits per heavy atom. The molecule has 0 spiro atoms. The Morgan fingerprint density at radius 2 is 1.94 bits per heavy atom. The third-order valence-electron chi connectivity index (χ3n) is 6.09. The van der Waals surface area contributed by atoms with Crippen molar-refractivity contribution >= 4 is 28.3 Å². The number of nitrogens with zero attached hydrogens (tertiary/aromatic N) is 1. The number of furan rings is 1. The first kappa shape index (κ1) is 20.9. The Hall–Kier alpha value is -3.02. The molecule has 5 nitrogen and oxygen atoms in total. The first-order chi connectivity index (χ1) is 15.5. The van der Waals surface area contributed by atoms with Gasteiger partial charge in [0, 0.05) is 41.2 Å². The summed E-state index contributed by atoms with van der Waals surface area (Å²) in [4.78, 5) is 14.4. The summed E-state index contributed by atoms with van der Waals surface area (Å²) in [6.07, 6.45) is 3.72. The molecule has 0 aliphatic carbocycles. The Kier molecular flexibility index (Phi) is 5.77. The summed E-state index contributed by atoms with van der Waals surface area (Å²) in [6, 6.07) is 17.6. The molecule has 4 aromatic rings. The number of likely N-dealkylation sites (tertiary alicyclic amines) is 1. The van der Waals surface area contributed by atoms with E-state index in [0.29, 0.717) is 11.6 Å². The van der Waals surface area contributed by atoms with Crippen molar-refractivity contribution in [3.05, 3.63) is 87.6 Å². The maximum Gasteiger partial charge on any atom is 0.338 e. The molecule has 1 fully saturated rings. The highest BCUT2D eigenvalue weighted by atomic mass is 35.5. The van der Waals surface area contributed by atoms with Crippen LogP contribution in [0.3, 0.4) is 0 Å². The number of benzene rings is 2. The molecule has 0 bridgehead atoms. The largest absolute Gasteiger partial charge is 0.467 e. The Morgan fingerprint density at radius 3 is 2.75 bits per heavy atom. The quantitative estimate of drug-likeness (QED) is 0.374. The van der Waals surface area contributed by atoms with Crippen LogP contribution in [-0.2, 0) is 6.54 Å². The second kappa shape index (κ2) is 8.85. The molecule has 1 aliphatic heterocycles. The van der Waals surface area contributed by atoms with Gasteiger partial charge < -0.3 is 14.2 Å². The van der Waals surface area contributed by atoms with Crippen LogP contribution in [0.4, 0.5) is 5.69 Å². The lowest BCUT2D eigenvalue weighted by Gasteiger charge is -2.32. The van der Waals surface area contributed by atoms with Crippen molar-refractivity contribution < 1.29 is 8.83 Å². The summed E-state index contributed by atoms with van der Waals surface area (Å²) in [5.74, 6) is 0.959. The minimum atomic E-state index is -0.326. The molecule has 1 aliphatic rings. The third kappa shape index (κ3) is 4.45. The lowest BCUT2D eigenvalue weighted by molar-refractivity contribution is 0.197. The van der Waals surface area contributed by atoms with Gasteiger partial charge in [-0.25, -0.2) is 4.79 Å². The molecule has 0 saturated carbocycles. The number of anilines is 1. The molecular weight excluding hydrogens is 424 g/mol. The summed E-state index contributed by atoms with van der Waals surface area (Å²) in [6.45, 7) is 4.70. The van der Waals surface area contributed by atoms with Crippen molar-refractivity contribution in [2.24, 2.45) is 0 Å². The van der Waals surface area contributed by atoms with Crippen LogP contribution in [0.5, 0.6) is 0 Å². The number of hydrogen-bond acceptors (Lipinski definition) is 5. The normalized spacial score (nSPS) is 15.3. The van der Waals surface area contributed by atoms with Gasteiger partial charge in [-0.15, -0.1) is 0 Å². The molecule has 3 heterocycles. The average molecular weight is 449 g/mol. The lowest BCUT2D eigenvalue weighted by atomic mass is 10.0. The van der Waals surface area contributed by atoms with Gasteiger partial charge in [-0.2, -0.15) is 0 Å². The summed E-state index contributed by atoms with van der Waals surface area (Å²) < 4.78 is 11.2. The van der Waals surface area contributed by atoms with Crippen LogP contribution in [0, 0.1) is 6.92 Å². The molecular formula is C26H25ClN2O3. The fourth-order valence-corrected chi connectivity index (χ4v) is 4.62. The van der Waals surface area contributed by atoms with Gasteiger partial charge >= 0.3 is 5.63 Å². The van der Waals surface area contributed by atoms with Crippen LogP contribution in [0.15, 0.2) is 74.5 Å². The first-order valence-corrected chi connectivity index (χ1v) is 11.3. The maximum absolute atomic E-state index is 12.0. The minimum absolute atomic E-state index is 0.306. The molecule has 0 atom stereocenters. The topological polar surface area (TPSA) is 58.6 Å². The van der Waals surface area contributed by atoms with Crippen LogP contribution in [0.2, 0.25) is 5.02 Å². The van der Waals surface area contributed by atoms with E-state index < -0.39 is 0 Å². The number of nitrogens with one attached hydrogen (secondary N) is 1. The van der Waals surface area contributed by atoms with E-state index in [2.05, 4.69) is 22.3 Å². The molecule has 2 aromatic heterocycles. The molecule has 0 amide bonds. The second-order valence-corrected chi connectivity index (χ2v) is 8.88. The Balaban J connectivity index is 1.25. The van der Waals surface area contributed by atoms with E-state index in [-0.39, 0.29) is 5.63 Å². The van der Waals surface area contributed by atoms with E-state index in [4.69, 9.17) is 20.4 Å².